The Morgan fingerprint density at radius 2 is 1.86 bits per heavy atom. The van der Waals surface area contributed by atoms with Crippen molar-refractivity contribution in [1.29, 1.82) is 0 Å². The van der Waals surface area contributed by atoms with Gasteiger partial charge in [0.2, 0.25) is 0 Å². The second-order valence-electron chi connectivity index (χ2n) is 2.97. The minimum absolute atomic E-state index is 0.610. The third-order valence-corrected chi connectivity index (χ3v) is 2.73. The van der Waals surface area contributed by atoms with Crippen LogP contribution in [-0.2, 0) is 0 Å². The summed E-state index contributed by atoms with van der Waals surface area (Å²) in [4.78, 5) is 13.4. The number of rotatable bonds is 2. The molecule has 0 aliphatic carbocycles. The highest BCUT2D eigenvalue weighted by Crippen LogP contribution is 2.20. The summed E-state index contributed by atoms with van der Waals surface area (Å²) in [5, 5.41) is 0. The van der Waals surface area contributed by atoms with Crippen molar-refractivity contribution in [3.8, 4) is 11.1 Å². The Hall–Kier alpha value is -1.10. The molecule has 0 radical (unpaired) electrons. The molecule has 14 heavy (non-hydrogen) atoms. The van der Waals surface area contributed by atoms with E-state index in [2.05, 4.69) is 27.6 Å². The first-order valence-corrected chi connectivity index (χ1v) is 5.27. The minimum atomic E-state index is 0.610. The monoisotopic (exact) mass is 297 g/mol. The summed E-state index contributed by atoms with van der Waals surface area (Å²) in [6.45, 7) is 0. The molecule has 1 N–H and O–H groups in total. The van der Waals surface area contributed by atoms with Gasteiger partial charge in [-0.3, -0.25) is 4.79 Å². The van der Waals surface area contributed by atoms with Gasteiger partial charge < -0.3 is 4.98 Å². The van der Waals surface area contributed by atoms with Crippen LogP contribution >= 0.6 is 22.6 Å². The van der Waals surface area contributed by atoms with Crippen molar-refractivity contribution in [1.82, 2.24) is 4.98 Å². The number of carbonyl (C=O) groups is 1. The van der Waals surface area contributed by atoms with Crippen molar-refractivity contribution < 1.29 is 4.79 Å². The Morgan fingerprint density at radius 3 is 2.43 bits per heavy atom. The molecule has 0 amide bonds. The molecule has 0 saturated carbocycles. The summed E-state index contributed by atoms with van der Waals surface area (Å²) in [6.07, 6.45) is 2.65. The number of H-pyrrole nitrogens is 1. The maximum Gasteiger partial charge on any atom is 0.166 e. The SMILES string of the molecule is O=Cc1cc(-c2ccc(I)cc2)c[nH]1. The number of carbonyl (C=O) groups excluding carboxylic acids is 1. The standard InChI is InChI=1S/C11H8INO/c12-10-3-1-8(2-4-10)9-5-11(7-14)13-6-9/h1-7,13H. The van der Waals surface area contributed by atoms with Gasteiger partial charge in [0.1, 0.15) is 0 Å². The normalized spacial score (nSPS) is 10.1. The Morgan fingerprint density at radius 1 is 1.14 bits per heavy atom. The van der Waals surface area contributed by atoms with Gasteiger partial charge in [-0.05, 0) is 51.9 Å². The van der Waals surface area contributed by atoms with Gasteiger partial charge in [0.25, 0.3) is 0 Å². The molecule has 0 aliphatic rings. The van der Waals surface area contributed by atoms with Gasteiger partial charge in [0.15, 0.2) is 6.29 Å². The Labute approximate surface area is 95.5 Å². The van der Waals surface area contributed by atoms with E-state index in [0.717, 1.165) is 17.4 Å². The van der Waals surface area contributed by atoms with Crippen LogP contribution < -0.4 is 0 Å². The molecule has 0 fully saturated rings. The first-order chi connectivity index (χ1) is 6.79. The second kappa shape index (κ2) is 3.96. The summed E-state index contributed by atoms with van der Waals surface area (Å²) in [6, 6.07) is 10.0. The van der Waals surface area contributed by atoms with Crippen LogP contribution in [0.1, 0.15) is 10.5 Å². The van der Waals surface area contributed by atoms with E-state index in [4.69, 9.17) is 0 Å². The fourth-order valence-corrected chi connectivity index (χ4v) is 1.65. The molecule has 0 spiro atoms. The molecule has 1 aromatic carbocycles. The molecule has 2 nitrogen and oxygen atoms in total. The van der Waals surface area contributed by atoms with Gasteiger partial charge in [0.05, 0.1) is 5.69 Å². The topological polar surface area (TPSA) is 32.9 Å². The van der Waals surface area contributed by atoms with Crippen LogP contribution in [0, 0.1) is 3.57 Å². The summed E-state index contributed by atoms with van der Waals surface area (Å²) >= 11 is 2.26. The van der Waals surface area contributed by atoms with Crippen LogP contribution in [0.2, 0.25) is 0 Å². The van der Waals surface area contributed by atoms with E-state index in [1.54, 1.807) is 0 Å². The zero-order chi connectivity index (χ0) is 9.97. The Balaban J connectivity index is 2.39. The van der Waals surface area contributed by atoms with Crippen molar-refractivity contribution >= 4 is 28.9 Å². The predicted octanol–water partition coefficient (Wildman–Crippen LogP) is 3.10. The molecule has 70 valence electrons. The molecule has 0 bridgehead atoms. The highest BCUT2D eigenvalue weighted by molar-refractivity contribution is 14.1. The summed E-state index contributed by atoms with van der Waals surface area (Å²) in [7, 11) is 0. The van der Waals surface area contributed by atoms with Gasteiger partial charge in [-0.1, -0.05) is 12.1 Å². The van der Waals surface area contributed by atoms with Crippen LogP contribution in [0.5, 0.6) is 0 Å². The molecule has 0 atom stereocenters. The highest BCUT2D eigenvalue weighted by Gasteiger charge is 2.00. The van der Waals surface area contributed by atoms with E-state index < -0.39 is 0 Å². The largest absolute Gasteiger partial charge is 0.358 e. The van der Waals surface area contributed by atoms with E-state index in [9.17, 15) is 4.79 Å². The number of hydrogen-bond acceptors (Lipinski definition) is 1. The molecule has 2 rings (SSSR count). The first-order valence-electron chi connectivity index (χ1n) is 4.19. The maximum atomic E-state index is 10.5. The Bertz CT molecular complexity index is 445. The fraction of sp³-hybridized carbons (Fsp3) is 0. The van der Waals surface area contributed by atoms with Crippen LogP contribution in [0.15, 0.2) is 36.5 Å². The molecular formula is C11H8INO. The lowest BCUT2D eigenvalue weighted by Crippen LogP contribution is -1.75. The van der Waals surface area contributed by atoms with Gasteiger partial charge >= 0.3 is 0 Å². The minimum Gasteiger partial charge on any atom is -0.358 e. The Kier molecular flexibility index (Phi) is 2.67. The predicted molar refractivity (Wildman–Crippen MR) is 64.3 cm³/mol. The van der Waals surface area contributed by atoms with Crippen LogP contribution in [-0.4, -0.2) is 11.3 Å². The number of benzene rings is 1. The van der Waals surface area contributed by atoms with E-state index in [1.165, 1.54) is 3.57 Å². The quantitative estimate of drug-likeness (QED) is 0.670. The van der Waals surface area contributed by atoms with Crippen molar-refractivity contribution in [2.75, 3.05) is 0 Å². The first kappa shape index (κ1) is 9.45. The maximum absolute atomic E-state index is 10.5. The second-order valence-corrected chi connectivity index (χ2v) is 4.21. The number of aldehydes is 1. The average molecular weight is 297 g/mol. The van der Waals surface area contributed by atoms with E-state index in [0.29, 0.717) is 5.69 Å². The molecule has 1 heterocycles. The lowest BCUT2D eigenvalue weighted by atomic mass is 10.1. The van der Waals surface area contributed by atoms with Crippen molar-refractivity contribution in [2.45, 2.75) is 0 Å². The molecule has 0 saturated heterocycles. The zero-order valence-electron chi connectivity index (χ0n) is 7.33. The average Bonchev–Trinajstić information content (AvgIpc) is 2.67. The number of nitrogens with one attached hydrogen (secondary N) is 1. The molecule has 3 heteroatoms. The van der Waals surface area contributed by atoms with Gasteiger partial charge in [0, 0.05) is 9.77 Å². The summed E-state index contributed by atoms with van der Waals surface area (Å²) in [5.74, 6) is 0. The summed E-state index contributed by atoms with van der Waals surface area (Å²) < 4.78 is 1.21. The van der Waals surface area contributed by atoms with E-state index in [-0.39, 0.29) is 0 Å². The van der Waals surface area contributed by atoms with Crippen LogP contribution in [0.25, 0.3) is 11.1 Å². The van der Waals surface area contributed by atoms with E-state index in [1.807, 2.05) is 36.5 Å². The van der Waals surface area contributed by atoms with Crippen molar-refractivity contribution in [3.05, 3.63) is 45.8 Å². The highest BCUT2D eigenvalue weighted by atomic mass is 127. The third kappa shape index (κ3) is 1.87. The van der Waals surface area contributed by atoms with Gasteiger partial charge in [-0.2, -0.15) is 0 Å². The lowest BCUT2D eigenvalue weighted by Gasteiger charge is -1.96. The molecule has 1 aromatic heterocycles. The van der Waals surface area contributed by atoms with E-state index >= 15 is 0 Å². The fourth-order valence-electron chi connectivity index (χ4n) is 1.29. The van der Waals surface area contributed by atoms with Crippen molar-refractivity contribution in [2.24, 2.45) is 0 Å². The number of aromatic nitrogens is 1. The molecule has 2 aromatic rings. The van der Waals surface area contributed by atoms with Crippen LogP contribution in [0.3, 0.4) is 0 Å². The molecule has 0 aliphatic heterocycles. The lowest BCUT2D eigenvalue weighted by molar-refractivity contribution is 0.111. The zero-order valence-corrected chi connectivity index (χ0v) is 9.49. The van der Waals surface area contributed by atoms with Gasteiger partial charge in [-0.25, -0.2) is 0 Å². The third-order valence-electron chi connectivity index (χ3n) is 2.01. The van der Waals surface area contributed by atoms with Crippen molar-refractivity contribution in [3.63, 3.8) is 0 Å². The van der Waals surface area contributed by atoms with Gasteiger partial charge in [-0.15, -0.1) is 0 Å². The molecular weight excluding hydrogens is 289 g/mol. The molecule has 0 unspecified atom stereocenters. The summed E-state index contributed by atoms with van der Waals surface area (Å²) in [5.41, 5.74) is 2.77. The number of aromatic amines is 1. The number of halogens is 1. The van der Waals surface area contributed by atoms with Crippen LogP contribution in [0.4, 0.5) is 0 Å². The smallest absolute Gasteiger partial charge is 0.166 e. The number of hydrogen-bond donors (Lipinski definition) is 1.